The van der Waals surface area contributed by atoms with E-state index in [-0.39, 0.29) is 11.5 Å². The third-order valence-electron chi connectivity index (χ3n) is 4.47. The second-order valence-corrected chi connectivity index (χ2v) is 7.37. The van der Waals surface area contributed by atoms with Crippen molar-refractivity contribution in [3.05, 3.63) is 29.0 Å². The van der Waals surface area contributed by atoms with Crippen molar-refractivity contribution in [2.45, 2.75) is 37.4 Å². The van der Waals surface area contributed by atoms with Gasteiger partial charge >= 0.3 is 0 Å². The Morgan fingerprint density at radius 1 is 1.45 bits per heavy atom. The fourth-order valence-electron chi connectivity index (χ4n) is 3.30. The normalized spacial score (nSPS) is 27.4. The fourth-order valence-corrected chi connectivity index (χ4v) is 4.72. The van der Waals surface area contributed by atoms with E-state index < -0.39 is 6.10 Å². The van der Waals surface area contributed by atoms with Crippen LogP contribution in [-0.4, -0.2) is 33.8 Å². The van der Waals surface area contributed by atoms with Gasteiger partial charge in [-0.05, 0) is 60.8 Å². The quantitative estimate of drug-likeness (QED) is 0.849. The van der Waals surface area contributed by atoms with Crippen molar-refractivity contribution < 1.29 is 9.84 Å². The molecule has 2 aliphatic heterocycles. The van der Waals surface area contributed by atoms with Gasteiger partial charge in [0.05, 0.1) is 11.7 Å². The lowest BCUT2D eigenvalue weighted by atomic mass is 9.78. The van der Waals surface area contributed by atoms with E-state index in [2.05, 4.69) is 4.98 Å². The Hall–Kier alpha value is -0.290. The van der Waals surface area contributed by atoms with E-state index in [9.17, 15) is 5.11 Å². The number of hydrogen-bond donors (Lipinski definition) is 1. The number of hydrogen-bond acceptors (Lipinski definition) is 4. The molecule has 0 aromatic carbocycles. The molecule has 2 fully saturated rings. The summed E-state index contributed by atoms with van der Waals surface area (Å²) < 4.78 is 6.08. The summed E-state index contributed by atoms with van der Waals surface area (Å²) in [6, 6.07) is 3.63. The van der Waals surface area contributed by atoms with Crippen LogP contribution in [-0.2, 0) is 4.74 Å². The van der Waals surface area contributed by atoms with Crippen molar-refractivity contribution in [2.75, 3.05) is 18.1 Å². The van der Waals surface area contributed by atoms with Crippen molar-refractivity contribution in [1.29, 1.82) is 0 Å². The first kappa shape index (κ1) is 14.6. The van der Waals surface area contributed by atoms with Gasteiger partial charge in [0, 0.05) is 12.8 Å². The molecule has 2 saturated heterocycles. The number of aliphatic hydroxyl groups is 1. The number of aromatic nitrogens is 1. The molecule has 1 spiro atoms. The molecule has 0 amide bonds. The van der Waals surface area contributed by atoms with Crippen LogP contribution in [0.3, 0.4) is 0 Å². The van der Waals surface area contributed by atoms with Gasteiger partial charge < -0.3 is 9.84 Å². The molecule has 0 aliphatic carbocycles. The average molecular weight is 314 g/mol. The maximum absolute atomic E-state index is 10.6. The molecule has 20 heavy (non-hydrogen) atoms. The SMILES string of the molecule is OC(c1ccnc(Cl)c1)C1CCOC2(CCSCC2)C1. The highest BCUT2D eigenvalue weighted by atomic mass is 35.5. The number of ether oxygens (including phenoxy) is 1. The predicted octanol–water partition coefficient (Wildman–Crippen LogP) is 3.46. The van der Waals surface area contributed by atoms with E-state index in [1.54, 1.807) is 12.3 Å². The number of nitrogens with zero attached hydrogens (tertiary/aromatic N) is 1. The van der Waals surface area contributed by atoms with Crippen molar-refractivity contribution in [3.8, 4) is 0 Å². The molecule has 0 bridgehead atoms. The lowest BCUT2D eigenvalue weighted by Gasteiger charge is -2.44. The largest absolute Gasteiger partial charge is 0.388 e. The van der Waals surface area contributed by atoms with E-state index in [0.29, 0.717) is 5.15 Å². The molecule has 2 aliphatic rings. The summed E-state index contributed by atoms with van der Waals surface area (Å²) in [5.41, 5.74) is 0.878. The number of thioether (sulfide) groups is 1. The smallest absolute Gasteiger partial charge is 0.129 e. The van der Waals surface area contributed by atoms with Gasteiger partial charge in [-0.15, -0.1) is 0 Å². The number of pyridine rings is 1. The van der Waals surface area contributed by atoms with Crippen LogP contribution in [0.2, 0.25) is 5.15 Å². The van der Waals surface area contributed by atoms with Gasteiger partial charge in [0.2, 0.25) is 0 Å². The third-order valence-corrected chi connectivity index (χ3v) is 5.67. The van der Waals surface area contributed by atoms with E-state index in [4.69, 9.17) is 16.3 Å². The van der Waals surface area contributed by atoms with Crippen LogP contribution in [0.5, 0.6) is 0 Å². The molecule has 3 rings (SSSR count). The van der Waals surface area contributed by atoms with Crippen molar-refractivity contribution >= 4 is 23.4 Å². The molecular formula is C15H20ClNO2S. The highest BCUT2D eigenvalue weighted by Crippen LogP contribution is 2.43. The van der Waals surface area contributed by atoms with Gasteiger partial charge in [0.1, 0.15) is 5.15 Å². The second-order valence-electron chi connectivity index (χ2n) is 5.75. The zero-order valence-corrected chi connectivity index (χ0v) is 13.0. The minimum atomic E-state index is -0.467. The lowest BCUT2D eigenvalue weighted by Crippen LogP contribution is -2.44. The Morgan fingerprint density at radius 2 is 2.25 bits per heavy atom. The molecule has 110 valence electrons. The van der Waals surface area contributed by atoms with Gasteiger partial charge in [0.15, 0.2) is 0 Å². The fraction of sp³-hybridized carbons (Fsp3) is 0.667. The summed E-state index contributed by atoms with van der Waals surface area (Å²) in [5.74, 6) is 2.60. The molecule has 3 heterocycles. The molecule has 1 aromatic heterocycles. The van der Waals surface area contributed by atoms with Crippen molar-refractivity contribution in [2.24, 2.45) is 5.92 Å². The summed E-state index contributed by atoms with van der Waals surface area (Å²) in [6.07, 6.45) is 5.28. The maximum Gasteiger partial charge on any atom is 0.129 e. The van der Waals surface area contributed by atoms with Crippen LogP contribution in [0.1, 0.15) is 37.4 Å². The highest BCUT2D eigenvalue weighted by Gasteiger charge is 2.41. The highest BCUT2D eigenvalue weighted by molar-refractivity contribution is 7.99. The monoisotopic (exact) mass is 313 g/mol. The third kappa shape index (κ3) is 3.14. The summed E-state index contributed by atoms with van der Waals surface area (Å²) in [4.78, 5) is 3.98. The minimum Gasteiger partial charge on any atom is -0.388 e. The van der Waals surface area contributed by atoms with E-state index in [1.807, 2.05) is 17.8 Å². The first-order chi connectivity index (χ1) is 9.69. The van der Waals surface area contributed by atoms with Gasteiger partial charge in [-0.2, -0.15) is 11.8 Å². The van der Waals surface area contributed by atoms with Crippen LogP contribution in [0, 0.1) is 5.92 Å². The number of aliphatic hydroxyl groups excluding tert-OH is 1. The second kappa shape index (κ2) is 6.22. The van der Waals surface area contributed by atoms with Gasteiger partial charge in [0.25, 0.3) is 0 Å². The molecule has 1 N–H and O–H groups in total. The minimum absolute atomic E-state index is 0.00592. The predicted molar refractivity (Wildman–Crippen MR) is 82.2 cm³/mol. The number of halogens is 1. The molecule has 2 unspecified atom stereocenters. The standard InChI is InChI=1S/C15H20ClNO2S/c16-13-9-11(1-5-17-13)14(18)12-2-6-19-15(10-12)3-7-20-8-4-15/h1,5,9,12,14,18H,2-4,6-8,10H2. The first-order valence-electron chi connectivity index (χ1n) is 7.20. The summed E-state index contributed by atoms with van der Waals surface area (Å²) >= 11 is 7.92. The summed E-state index contributed by atoms with van der Waals surface area (Å²) in [7, 11) is 0. The van der Waals surface area contributed by atoms with Crippen LogP contribution in [0.25, 0.3) is 0 Å². The van der Waals surface area contributed by atoms with Crippen LogP contribution in [0.15, 0.2) is 18.3 Å². The van der Waals surface area contributed by atoms with E-state index >= 15 is 0 Å². The zero-order valence-electron chi connectivity index (χ0n) is 11.4. The van der Waals surface area contributed by atoms with Crippen molar-refractivity contribution in [1.82, 2.24) is 4.98 Å². The Kier molecular flexibility index (Phi) is 4.55. The lowest BCUT2D eigenvalue weighted by molar-refractivity contribution is -0.121. The molecule has 3 nitrogen and oxygen atoms in total. The Morgan fingerprint density at radius 3 is 3.00 bits per heavy atom. The van der Waals surface area contributed by atoms with Gasteiger partial charge in [-0.3, -0.25) is 0 Å². The molecule has 0 radical (unpaired) electrons. The van der Waals surface area contributed by atoms with Crippen LogP contribution >= 0.6 is 23.4 Å². The maximum atomic E-state index is 10.6. The van der Waals surface area contributed by atoms with E-state index in [0.717, 1.165) is 37.9 Å². The average Bonchev–Trinajstić information content (AvgIpc) is 2.47. The number of rotatable bonds is 2. The molecule has 5 heteroatoms. The van der Waals surface area contributed by atoms with Gasteiger partial charge in [-0.1, -0.05) is 11.6 Å². The van der Waals surface area contributed by atoms with E-state index in [1.165, 1.54) is 11.5 Å². The van der Waals surface area contributed by atoms with Crippen LogP contribution in [0.4, 0.5) is 0 Å². The Balaban J connectivity index is 1.73. The molecule has 1 aromatic rings. The van der Waals surface area contributed by atoms with Crippen molar-refractivity contribution in [3.63, 3.8) is 0 Å². The molecule has 0 saturated carbocycles. The first-order valence-corrected chi connectivity index (χ1v) is 8.73. The summed E-state index contributed by atoms with van der Waals surface area (Å²) in [6.45, 7) is 0.755. The topological polar surface area (TPSA) is 42.4 Å². The molecule has 2 atom stereocenters. The van der Waals surface area contributed by atoms with Crippen LogP contribution < -0.4 is 0 Å². The van der Waals surface area contributed by atoms with Gasteiger partial charge in [-0.25, -0.2) is 4.98 Å². The Bertz CT molecular complexity index is 459. The molecular weight excluding hydrogens is 294 g/mol. The zero-order chi connectivity index (χ0) is 14.0. The summed E-state index contributed by atoms with van der Waals surface area (Å²) in [5, 5.41) is 11.1. The Labute approximate surface area is 129 Å².